The number of carboxylic acid groups (broad SMARTS) is 1. The smallest absolute Gasteiger partial charge is 0.412 e. The number of nitrogens with zero attached hydrogens (tertiary/aromatic N) is 1. The minimum Gasteiger partial charge on any atom is -0.481 e. The Bertz CT molecular complexity index is 1010. The molecule has 0 spiro atoms. The Balaban J connectivity index is 1.41. The molecule has 1 aromatic rings. The zero-order valence-electron chi connectivity index (χ0n) is 27.0. The van der Waals surface area contributed by atoms with E-state index in [0.29, 0.717) is 24.4 Å². The van der Waals surface area contributed by atoms with Gasteiger partial charge in [0.2, 0.25) is 0 Å². The molecule has 1 aromatic carbocycles. The number of nitrogens with one attached hydrogen (secondary N) is 1. The van der Waals surface area contributed by atoms with Crippen molar-refractivity contribution in [1.29, 1.82) is 0 Å². The fourth-order valence-corrected chi connectivity index (χ4v) is 6.40. The van der Waals surface area contributed by atoms with Crippen LogP contribution < -0.4 is 5.32 Å². The van der Waals surface area contributed by atoms with Gasteiger partial charge in [0.15, 0.2) is 12.1 Å². The molecule has 5 atom stereocenters. The van der Waals surface area contributed by atoms with Gasteiger partial charge in [-0.1, -0.05) is 76.8 Å². The summed E-state index contributed by atoms with van der Waals surface area (Å²) in [5.41, 5.74) is 1.18. The van der Waals surface area contributed by atoms with E-state index in [1.165, 1.54) is 51.4 Å². The van der Waals surface area contributed by atoms with Gasteiger partial charge in [0.05, 0.1) is 6.42 Å². The van der Waals surface area contributed by atoms with Gasteiger partial charge in [-0.2, -0.15) is 0 Å². The van der Waals surface area contributed by atoms with Gasteiger partial charge in [-0.3, -0.25) is 15.0 Å². The zero-order chi connectivity index (χ0) is 31.4. The highest BCUT2D eigenvalue weighted by molar-refractivity contribution is 5.84. The summed E-state index contributed by atoms with van der Waals surface area (Å²) in [4.78, 5) is 26.6. The third kappa shape index (κ3) is 11.0. The van der Waals surface area contributed by atoms with Crippen LogP contribution in [-0.4, -0.2) is 84.8 Å². The first-order valence-electron chi connectivity index (χ1n) is 16.9. The lowest BCUT2D eigenvalue weighted by molar-refractivity contribution is -0.230. The number of aliphatic carboxylic acids is 1. The van der Waals surface area contributed by atoms with Gasteiger partial charge in [-0.15, -0.1) is 0 Å². The molecule has 1 unspecified atom stereocenters. The van der Waals surface area contributed by atoms with Crippen LogP contribution in [0.3, 0.4) is 0 Å². The predicted molar refractivity (Wildman–Crippen MR) is 168 cm³/mol. The molecule has 0 bridgehead atoms. The molecule has 10 heteroatoms. The van der Waals surface area contributed by atoms with Crippen molar-refractivity contribution in [3.05, 3.63) is 29.8 Å². The summed E-state index contributed by atoms with van der Waals surface area (Å²) < 4.78 is 31.4. The van der Waals surface area contributed by atoms with Crippen molar-refractivity contribution in [2.24, 2.45) is 0 Å². The van der Waals surface area contributed by atoms with Crippen molar-refractivity contribution in [2.45, 2.75) is 141 Å². The van der Waals surface area contributed by atoms with Crippen molar-refractivity contribution in [3.63, 3.8) is 0 Å². The molecular formula is C34H54N2O8. The second-order valence-electron chi connectivity index (χ2n) is 12.9. The van der Waals surface area contributed by atoms with Gasteiger partial charge in [-0.25, -0.2) is 4.79 Å². The van der Waals surface area contributed by atoms with Gasteiger partial charge in [0.1, 0.15) is 24.4 Å². The molecule has 0 saturated carbocycles. The third-order valence-corrected chi connectivity index (χ3v) is 8.65. The Morgan fingerprint density at radius 3 is 2.30 bits per heavy atom. The summed E-state index contributed by atoms with van der Waals surface area (Å²) >= 11 is 0. The second-order valence-corrected chi connectivity index (χ2v) is 12.9. The molecule has 4 rings (SSSR count). The molecular weight excluding hydrogens is 564 g/mol. The van der Waals surface area contributed by atoms with Crippen LogP contribution in [-0.2, 0) is 34.9 Å². The lowest BCUT2D eigenvalue weighted by Crippen LogP contribution is -2.50. The van der Waals surface area contributed by atoms with Crippen LogP contribution in [0, 0.1) is 0 Å². The Morgan fingerprint density at radius 1 is 0.977 bits per heavy atom. The number of carboxylic acids is 1. The van der Waals surface area contributed by atoms with Crippen LogP contribution >= 0.6 is 0 Å². The molecule has 248 valence electrons. The molecule has 0 aliphatic carbocycles. The molecule has 3 aliphatic rings. The van der Waals surface area contributed by atoms with Gasteiger partial charge in [0.25, 0.3) is 0 Å². The van der Waals surface area contributed by atoms with E-state index < -0.39 is 48.6 Å². The normalized spacial score (nSPS) is 25.7. The molecule has 3 fully saturated rings. The predicted octanol–water partition coefficient (Wildman–Crippen LogP) is 6.51. The van der Waals surface area contributed by atoms with Gasteiger partial charge in [0, 0.05) is 18.8 Å². The summed E-state index contributed by atoms with van der Waals surface area (Å²) in [5.74, 6) is -1.69. The van der Waals surface area contributed by atoms with Crippen LogP contribution in [0.25, 0.3) is 0 Å². The molecule has 3 saturated heterocycles. The first kappa shape index (κ1) is 34.6. The van der Waals surface area contributed by atoms with Gasteiger partial charge in [-0.05, 0) is 63.9 Å². The monoisotopic (exact) mass is 618 g/mol. The average molecular weight is 619 g/mol. The van der Waals surface area contributed by atoms with E-state index in [-0.39, 0.29) is 6.42 Å². The number of carbonyl (C=O) groups is 2. The molecule has 10 nitrogen and oxygen atoms in total. The molecule has 1 amide bonds. The summed E-state index contributed by atoms with van der Waals surface area (Å²) in [5, 5.41) is 11.8. The molecule has 3 heterocycles. The van der Waals surface area contributed by atoms with Crippen molar-refractivity contribution in [1.82, 2.24) is 4.90 Å². The number of amides is 1. The molecule has 44 heavy (non-hydrogen) atoms. The maximum atomic E-state index is 13.2. The first-order valence-corrected chi connectivity index (χ1v) is 16.9. The number of anilines is 1. The lowest BCUT2D eigenvalue weighted by atomic mass is 10.0. The Morgan fingerprint density at radius 2 is 1.64 bits per heavy atom. The summed E-state index contributed by atoms with van der Waals surface area (Å²) in [6, 6.07) is 6.73. The van der Waals surface area contributed by atoms with Crippen LogP contribution in [0.4, 0.5) is 10.5 Å². The van der Waals surface area contributed by atoms with E-state index in [4.69, 9.17) is 28.8 Å². The van der Waals surface area contributed by atoms with Crippen LogP contribution in [0.2, 0.25) is 0 Å². The average Bonchev–Trinajstić information content (AvgIpc) is 3.30. The number of carbonyl (C=O) groups excluding carboxylic acids is 1. The number of hydrogen-bond donors (Lipinski definition) is 2. The van der Waals surface area contributed by atoms with Crippen molar-refractivity contribution < 1.29 is 38.4 Å². The number of ether oxygens (including phenoxy) is 5. The summed E-state index contributed by atoms with van der Waals surface area (Å²) in [7, 11) is 0. The standard InChI is InChI=1S/C34H54N2O8/c1-4-5-6-7-8-9-12-15-22-40-30-29(42-32-31(30)43-34(2,3)44-32)27(24-36-20-13-10-11-14-21-36)41-33(39)35-26-18-16-25(17-19-26)23-28(37)38/h16-19,27,29-32H,4-15,20-24H2,1-3H3,(H,35,39)(H,37,38)/t27?,29-,30+,31-,32-/m1/s1. The number of rotatable bonds is 17. The van der Waals surface area contributed by atoms with E-state index >= 15 is 0 Å². The Labute approximate surface area is 263 Å². The van der Waals surface area contributed by atoms with E-state index in [2.05, 4.69) is 17.1 Å². The molecule has 0 radical (unpaired) electrons. The van der Waals surface area contributed by atoms with Crippen molar-refractivity contribution in [3.8, 4) is 0 Å². The van der Waals surface area contributed by atoms with E-state index in [0.717, 1.165) is 38.8 Å². The number of unbranched alkanes of at least 4 members (excludes halogenated alkanes) is 7. The van der Waals surface area contributed by atoms with Crippen molar-refractivity contribution in [2.75, 3.05) is 31.6 Å². The van der Waals surface area contributed by atoms with E-state index in [1.54, 1.807) is 24.3 Å². The largest absolute Gasteiger partial charge is 0.481 e. The molecule has 2 N–H and O–H groups in total. The number of likely N-dealkylation sites (tertiary alicyclic amines) is 1. The lowest BCUT2D eigenvalue weighted by Gasteiger charge is -2.33. The fraction of sp³-hybridized carbons (Fsp3) is 0.765. The maximum Gasteiger partial charge on any atom is 0.412 e. The Hall–Kier alpha value is -2.24. The highest BCUT2D eigenvalue weighted by Crippen LogP contribution is 2.40. The van der Waals surface area contributed by atoms with E-state index in [1.807, 2.05) is 13.8 Å². The highest BCUT2D eigenvalue weighted by atomic mass is 16.8. The zero-order valence-corrected chi connectivity index (χ0v) is 27.0. The maximum absolute atomic E-state index is 13.2. The number of benzene rings is 1. The van der Waals surface area contributed by atoms with Crippen LogP contribution in [0.15, 0.2) is 24.3 Å². The van der Waals surface area contributed by atoms with Crippen LogP contribution in [0.1, 0.15) is 103 Å². The van der Waals surface area contributed by atoms with Gasteiger partial charge < -0.3 is 28.8 Å². The second kappa shape index (κ2) is 17.5. The van der Waals surface area contributed by atoms with E-state index in [9.17, 15) is 9.59 Å². The fourth-order valence-electron chi connectivity index (χ4n) is 6.40. The topological polar surface area (TPSA) is 116 Å². The number of hydrogen-bond acceptors (Lipinski definition) is 8. The third-order valence-electron chi connectivity index (χ3n) is 8.65. The number of fused-ring (bicyclic) bond motifs is 1. The quantitative estimate of drug-likeness (QED) is 0.189. The minimum absolute atomic E-state index is 0.0781. The molecule has 0 aromatic heterocycles. The minimum atomic E-state index is -0.904. The highest BCUT2D eigenvalue weighted by Gasteiger charge is 2.58. The van der Waals surface area contributed by atoms with Crippen LogP contribution in [0.5, 0.6) is 0 Å². The SMILES string of the molecule is CCCCCCCCCCO[C@@H]1[C@H]2OC(C)(C)O[C@H]2O[C@@H]1C(CN1CCCCCC1)OC(=O)Nc1ccc(CC(=O)O)cc1. The summed E-state index contributed by atoms with van der Waals surface area (Å²) in [6.45, 7) is 8.97. The Kier molecular flexibility index (Phi) is 13.7. The van der Waals surface area contributed by atoms with Gasteiger partial charge >= 0.3 is 12.1 Å². The first-order chi connectivity index (χ1) is 21.2. The summed E-state index contributed by atoms with van der Waals surface area (Å²) in [6.07, 6.45) is 11.0. The molecule has 3 aliphatic heterocycles. The van der Waals surface area contributed by atoms with Crippen molar-refractivity contribution >= 4 is 17.7 Å².